The third kappa shape index (κ3) is 2.20. The molecule has 2 aromatic rings. The summed E-state index contributed by atoms with van der Waals surface area (Å²) in [6.07, 6.45) is 4.30. The summed E-state index contributed by atoms with van der Waals surface area (Å²) < 4.78 is 14.5. The number of hydrogen-bond donors (Lipinski definition) is 1. The standard InChI is InChI=1S/C14H12FN3O2/c15-10-3-1-9(2-4-10)12-5-11(19)6-13(20)14(12)18-8-16-7-17-18/h1-4,6-8,12,14,20H,5H2/t12-,14-/m1/s1. The van der Waals surface area contributed by atoms with E-state index in [2.05, 4.69) is 10.1 Å². The molecule has 1 aromatic carbocycles. The van der Waals surface area contributed by atoms with Crippen LogP contribution in [0.3, 0.4) is 0 Å². The van der Waals surface area contributed by atoms with Crippen molar-refractivity contribution < 1.29 is 14.3 Å². The van der Waals surface area contributed by atoms with Crippen LogP contribution in [0.4, 0.5) is 4.39 Å². The van der Waals surface area contributed by atoms with Crippen LogP contribution in [-0.4, -0.2) is 25.7 Å². The Kier molecular flexibility index (Phi) is 3.06. The molecule has 1 aliphatic rings. The molecule has 0 amide bonds. The van der Waals surface area contributed by atoms with Crippen molar-refractivity contribution in [2.24, 2.45) is 0 Å². The number of nitrogens with zero attached hydrogens (tertiary/aromatic N) is 3. The zero-order valence-electron chi connectivity index (χ0n) is 10.5. The fourth-order valence-electron chi connectivity index (χ4n) is 2.53. The molecule has 1 aliphatic carbocycles. The van der Waals surface area contributed by atoms with Gasteiger partial charge in [-0.1, -0.05) is 12.1 Å². The molecule has 0 saturated carbocycles. The van der Waals surface area contributed by atoms with Crippen LogP contribution in [-0.2, 0) is 4.79 Å². The Hall–Kier alpha value is -2.50. The Morgan fingerprint density at radius 2 is 2.05 bits per heavy atom. The van der Waals surface area contributed by atoms with Crippen molar-refractivity contribution in [2.45, 2.75) is 18.4 Å². The molecule has 0 saturated heterocycles. The molecule has 2 atom stereocenters. The number of aliphatic hydroxyl groups is 1. The smallest absolute Gasteiger partial charge is 0.159 e. The highest BCUT2D eigenvalue weighted by molar-refractivity contribution is 5.92. The van der Waals surface area contributed by atoms with Crippen molar-refractivity contribution >= 4 is 5.78 Å². The van der Waals surface area contributed by atoms with Crippen molar-refractivity contribution in [3.63, 3.8) is 0 Å². The number of carbonyl (C=O) groups excluding carboxylic acids is 1. The number of halogens is 1. The first-order valence-corrected chi connectivity index (χ1v) is 6.18. The van der Waals surface area contributed by atoms with E-state index in [1.54, 1.807) is 12.1 Å². The van der Waals surface area contributed by atoms with Crippen LogP contribution in [0, 0.1) is 5.82 Å². The Balaban J connectivity index is 2.04. The van der Waals surface area contributed by atoms with Gasteiger partial charge in [0.1, 0.15) is 30.3 Å². The molecule has 6 heteroatoms. The van der Waals surface area contributed by atoms with E-state index in [0.29, 0.717) is 0 Å². The van der Waals surface area contributed by atoms with Crippen molar-refractivity contribution in [1.82, 2.24) is 14.8 Å². The summed E-state index contributed by atoms with van der Waals surface area (Å²) in [5, 5.41) is 14.1. The maximum absolute atomic E-state index is 13.0. The van der Waals surface area contributed by atoms with Crippen molar-refractivity contribution in [3.05, 3.63) is 60.1 Å². The highest BCUT2D eigenvalue weighted by Crippen LogP contribution is 2.38. The van der Waals surface area contributed by atoms with E-state index in [1.807, 2.05) is 0 Å². The molecule has 0 unspecified atom stereocenters. The van der Waals surface area contributed by atoms with E-state index in [1.165, 1.54) is 35.5 Å². The van der Waals surface area contributed by atoms with Crippen molar-refractivity contribution in [2.75, 3.05) is 0 Å². The number of ketones is 1. The first-order valence-electron chi connectivity index (χ1n) is 6.18. The molecular formula is C14H12FN3O2. The number of carbonyl (C=O) groups is 1. The van der Waals surface area contributed by atoms with E-state index in [4.69, 9.17) is 0 Å². The zero-order chi connectivity index (χ0) is 14.1. The van der Waals surface area contributed by atoms with Gasteiger partial charge in [0.2, 0.25) is 0 Å². The summed E-state index contributed by atoms with van der Waals surface area (Å²) in [5.41, 5.74) is 0.778. The van der Waals surface area contributed by atoms with E-state index in [0.717, 1.165) is 5.56 Å². The van der Waals surface area contributed by atoms with E-state index < -0.39 is 6.04 Å². The molecule has 5 nitrogen and oxygen atoms in total. The number of aromatic nitrogens is 3. The fourth-order valence-corrected chi connectivity index (χ4v) is 2.53. The second-order valence-corrected chi connectivity index (χ2v) is 4.72. The molecule has 1 heterocycles. The molecule has 0 radical (unpaired) electrons. The van der Waals surface area contributed by atoms with Gasteiger partial charge in [-0.15, -0.1) is 0 Å². The van der Waals surface area contributed by atoms with Crippen molar-refractivity contribution in [3.8, 4) is 0 Å². The van der Waals surface area contributed by atoms with Crippen LogP contribution in [0.5, 0.6) is 0 Å². The van der Waals surface area contributed by atoms with Crippen LogP contribution in [0.25, 0.3) is 0 Å². The van der Waals surface area contributed by atoms with Crippen LogP contribution in [0.15, 0.2) is 48.8 Å². The number of hydrogen-bond acceptors (Lipinski definition) is 4. The Morgan fingerprint density at radius 3 is 2.70 bits per heavy atom. The second kappa shape index (κ2) is 4.88. The van der Waals surface area contributed by atoms with Gasteiger partial charge in [0.15, 0.2) is 5.78 Å². The lowest BCUT2D eigenvalue weighted by atomic mass is 9.82. The number of benzene rings is 1. The summed E-state index contributed by atoms with van der Waals surface area (Å²) in [6.45, 7) is 0. The summed E-state index contributed by atoms with van der Waals surface area (Å²) >= 11 is 0. The monoisotopic (exact) mass is 273 g/mol. The highest BCUT2D eigenvalue weighted by atomic mass is 19.1. The normalized spacial score (nSPS) is 22.6. The molecule has 1 N–H and O–H groups in total. The third-order valence-corrected chi connectivity index (χ3v) is 3.43. The predicted octanol–water partition coefficient (Wildman–Crippen LogP) is 2.16. The minimum atomic E-state index is -0.499. The molecule has 3 rings (SSSR count). The molecule has 20 heavy (non-hydrogen) atoms. The lowest BCUT2D eigenvalue weighted by molar-refractivity contribution is -0.116. The van der Waals surface area contributed by atoms with Crippen LogP contribution in [0.2, 0.25) is 0 Å². The number of aliphatic hydroxyl groups excluding tert-OH is 1. The van der Waals surface area contributed by atoms with Gasteiger partial charge >= 0.3 is 0 Å². The molecule has 0 aliphatic heterocycles. The van der Waals surface area contributed by atoms with E-state index in [-0.39, 0.29) is 29.7 Å². The summed E-state index contributed by atoms with van der Waals surface area (Å²) in [5.74, 6) is -0.850. The predicted molar refractivity (Wildman–Crippen MR) is 68.5 cm³/mol. The van der Waals surface area contributed by atoms with Crippen LogP contribution < -0.4 is 0 Å². The summed E-state index contributed by atoms with van der Waals surface area (Å²) in [7, 11) is 0. The van der Waals surface area contributed by atoms with Crippen LogP contribution >= 0.6 is 0 Å². The Labute approximate surface area is 114 Å². The average Bonchev–Trinajstić information content (AvgIpc) is 2.92. The van der Waals surface area contributed by atoms with E-state index in [9.17, 15) is 14.3 Å². The Morgan fingerprint density at radius 1 is 1.30 bits per heavy atom. The maximum Gasteiger partial charge on any atom is 0.159 e. The van der Waals surface area contributed by atoms with Gasteiger partial charge < -0.3 is 5.11 Å². The minimum absolute atomic E-state index is 0.0546. The van der Waals surface area contributed by atoms with Gasteiger partial charge in [-0.25, -0.2) is 14.1 Å². The lowest BCUT2D eigenvalue weighted by Gasteiger charge is -2.29. The molecule has 0 bridgehead atoms. The average molecular weight is 273 g/mol. The molecule has 102 valence electrons. The van der Waals surface area contributed by atoms with Gasteiger partial charge in [-0.05, 0) is 17.7 Å². The number of allylic oxidation sites excluding steroid dienone is 2. The summed E-state index contributed by atoms with van der Waals surface area (Å²) in [4.78, 5) is 15.5. The number of rotatable bonds is 2. The molecule has 1 aromatic heterocycles. The van der Waals surface area contributed by atoms with Gasteiger partial charge in [-0.2, -0.15) is 5.10 Å². The quantitative estimate of drug-likeness (QED) is 0.910. The molecule has 0 fully saturated rings. The highest BCUT2D eigenvalue weighted by Gasteiger charge is 2.34. The zero-order valence-corrected chi connectivity index (χ0v) is 10.5. The SMILES string of the molecule is O=C1C=C(O)[C@H](n2cncn2)[C@@H](c2ccc(F)cc2)C1. The van der Waals surface area contributed by atoms with Gasteiger partial charge in [-0.3, -0.25) is 4.79 Å². The van der Waals surface area contributed by atoms with Crippen molar-refractivity contribution in [1.29, 1.82) is 0 Å². The first-order chi connectivity index (χ1) is 9.65. The largest absolute Gasteiger partial charge is 0.510 e. The van der Waals surface area contributed by atoms with E-state index >= 15 is 0 Å². The third-order valence-electron chi connectivity index (χ3n) is 3.43. The van der Waals surface area contributed by atoms with Gasteiger partial charge in [0.05, 0.1) is 0 Å². The molecular weight excluding hydrogens is 261 g/mol. The fraction of sp³-hybridized carbons (Fsp3) is 0.214. The lowest BCUT2D eigenvalue weighted by Crippen LogP contribution is -2.27. The molecule has 0 spiro atoms. The maximum atomic E-state index is 13.0. The minimum Gasteiger partial charge on any atom is -0.510 e. The van der Waals surface area contributed by atoms with Gasteiger partial charge in [0.25, 0.3) is 0 Å². The first kappa shape index (κ1) is 12.5. The second-order valence-electron chi connectivity index (χ2n) is 4.72. The van der Waals surface area contributed by atoms with Crippen LogP contribution in [0.1, 0.15) is 23.9 Å². The Bertz CT molecular complexity index is 650. The summed E-state index contributed by atoms with van der Waals surface area (Å²) in [6, 6.07) is 5.42. The van der Waals surface area contributed by atoms with Gasteiger partial charge in [0, 0.05) is 18.4 Å². The topological polar surface area (TPSA) is 68.0 Å².